The average Bonchev–Trinajstić information content (AvgIpc) is 2.81. The van der Waals surface area contributed by atoms with Crippen LogP contribution in [0.2, 0.25) is 5.02 Å². The summed E-state index contributed by atoms with van der Waals surface area (Å²) in [4.78, 5) is 28.2. The lowest BCUT2D eigenvalue weighted by molar-refractivity contribution is -0.142. The third-order valence-electron chi connectivity index (χ3n) is 5.45. The van der Waals surface area contributed by atoms with E-state index in [0.29, 0.717) is 23.7 Å². The molecule has 6 heteroatoms. The zero-order valence-electron chi connectivity index (χ0n) is 19.9. The molecular formula is C28H31ClN2O3. The Labute approximate surface area is 206 Å². The summed E-state index contributed by atoms with van der Waals surface area (Å²) in [7, 11) is 0. The Hall–Kier alpha value is -3.31. The number of hydrogen-bond donors (Lipinski definition) is 1. The van der Waals surface area contributed by atoms with E-state index in [-0.39, 0.29) is 25.0 Å². The van der Waals surface area contributed by atoms with E-state index in [1.807, 2.05) is 81.4 Å². The fourth-order valence-corrected chi connectivity index (χ4v) is 4.00. The van der Waals surface area contributed by atoms with Gasteiger partial charge in [-0.25, -0.2) is 0 Å². The van der Waals surface area contributed by atoms with E-state index >= 15 is 0 Å². The third-order valence-corrected chi connectivity index (χ3v) is 5.70. The van der Waals surface area contributed by atoms with Crippen molar-refractivity contribution in [2.75, 3.05) is 13.2 Å². The Morgan fingerprint density at radius 2 is 1.59 bits per heavy atom. The summed E-state index contributed by atoms with van der Waals surface area (Å²) in [6, 6.07) is 22.2. The van der Waals surface area contributed by atoms with Gasteiger partial charge in [0, 0.05) is 24.5 Å². The van der Waals surface area contributed by atoms with Crippen LogP contribution < -0.4 is 10.1 Å². The first-order valence-electron chi connectivity index (χ1n) is 11.4. The van der Waals surface area contributed by atoms with Crippen molar-refractivity contribution >= 4 is 23.4 Å². The van der Waals surface area contributed by atoms with E-state index in [2.05, 4.69) is 5.32 Å². The minimum Gasteiger partial charge on any atom is -0.484 e. The Balaban J connectivity index is 1.89. The highest BCUT2D eigenvalue weighted by Gasteiger charge is 2.30. The predicted molar refractivity (Wildman–Crippen MR) is 136 cm³/mol. The smallest absolute Gasteiger partial charge is 0.261 e. The molecule has 0 spiro atoms. The van der Waals surface area contributed by atoms with E-state index in [4.69, 9.17) is 16.3 Å². The van der Waals surface area contributed by atoms with Crippen LogP contribution in [-0.4, -0.2) is 35.9 Å². The fraction of sp³-hybridized carbons (Fsp3) is 0.286. The predicted octanol–water partition coefficient (Wildman–Crippen LogP) is 5.11. The van der Waals surface area contributed by atoms with Crippen LogP contribution in [0.3, 0.4) is 0 Å². The lowest BCUT2D eigenvalue weighted by Crippen LogP contribution is -2.51. The van der Waals surface area contributed by atoms with Crippen LogP contribution >= 0.6 is 11.6 Å². The van der Waals surface area contributed by atoms with E-state index in [1.54, 1.807) is 17.0 Å². The summed E-state index contributed by atoms with van der Waals surface area (Å²) in [5.41, 5.74) is 3.98. The largest absolute Gasteiger partial charge is 0.484 e. The monoisotopic (exact) mass is 478 g/mol. The van der Waals surface area contributed by atoms with Crippen molar-refractivity contribution in [3.63, 3.8) is 0 Å². The number of ether oxygens (including phenoxy) is 1. The van der Waals surface area contributed by atoms with Gasteiger partial charge in [-0.15, -0.1) is 0 Å². The second-order valence-corrected chi connectivity index (χ2v) is 8.80. The van der Waals surface area contributed by atoms with Gasteiger partial charge in [0.05, 0.1) is 0 Å². The molecule has 0 saturated heterocycles. The molecule has 3 aromatic carbocycles. The minimum absolute atomic E-state index is 0.165. The average molecular weight is 479 g/mol. The summed E-state index contributed by atoms with van der Waals surface area (Å²) < 4.78 is 5.86. The summed E-state index contributed by atoms with van der Waals surface area (Å²) in [6.07, 6.45) is 0.398. The molecule has 0 bridgehead atoms. The van der Waals surface area contributed by atoms with E-state index in [0.717, 1.165) is 22.3 Å². The van der Waals surface area contributed by atoms with Gasteiger partial charge in [0.25, 0.3) is 5.91 Å². The number of halogens is 1. The second kappa shape index (κ2) is 12.2. The molecule has 2 amide bonds. The molecule has 178 valence electrons. The van der Waals surface area contributed by atoms with Gasteiger partial charge in [-0.1, -0.05) is 60.1 Å². The number of carbonyl (C=O) groups is 2. The Bertz CT molecular complexity index is 1080. The van der Waals surface area contributed by atoms with E-state index < -0.39 is 6.04 Å². The number of amides is 2. The van der Waals surface area contributed by atoms with Crippen molar-refractivity contribution in [2.24, 2.45) is 0 Å². The van der Waals surface area contributed by atoms with E-state index in [1.165, 1.54) is 0 Å². The van der Waals surface area contributed by atoms with E-state index in [9.17, 15) is 9.59 Å². The van der Waals surface area contributed by atoms with Crippen molar-refractivity contribution in [3.05, 3.63) is 100 Å². The van der Waals surface area contributed by atoms with Gasteiger partial charge in [0.2, 0.25) is 5.91 Å². The molecule has 3 rings (SSSR count). The van der Waals surface area contributed by atoms with Crippen LogP contribution in [0.4, 0.5) is 0 Å². The van der Waals surface area contributed by atoms with Gasteiger partial charge in [-0.2, -0.15) is 0 Å². The number of rotatable bonds is 10. The van der Waals surface area contributed by atoms with Gasteiger partial charge in [-0.3, -0.25) is 9.59 Å². The maximum atomic E-state index is 13.5. The zero-order chi connectivity index (χ0) is 24.5. The highest BCUT2D eigenvalue weighted by atomic mass is 35.5. The summed E-state index contributed by atoms with van der Waals surface area (Å²) in [6.45, 7) is 6.42. The fourth-order valence-electron chi connectivity index (χ4n) is 3.88. The SMILES string of the molecule is CCNC(=O)[C@H](Cc1ccccc1)N(Cc1ccc(Cl)cc1)C(=O)COc1cc(C)cc(C)c1. The number of carbonyl (C=O) groups excluding carboxylic acids is 2. The van der Waals surface area contributed by atoms with Gasteiger partial charge in [0.1, 0.15) is 11.8 Å². The zero-order valence-corrected chi connectivity index (χ0v) is 20.6. The van der Waals surface area contributed by atoms with Crippen LogP contribution in [0.5, 0.6) is 5.75 Å². The van der Waals surface area contributed by atoms with Gasteiger partial charge in [-0.05, 0) is 67.3 Å². The summed E-state index contributed by atoms with van der Waals surface area (Å²) in [5, 5.41) is 3.51. The highest BCUT2D eigenvalue weighted by Crippen LogP contribution is 2.19. The molecule has 0 aliphatic heterocycles. The number of benzene rings is 3. The molecular weight excluding hydrogens is 448 g/mol. The Morgan fingerprint density at radius 3 is 2.21 bits per heavy atom. The van der Waals surface area contributed by atoms with Crippen LogP contribution in [0.1, 0.15) is 29.2 Å². The van der Waals surface area contributed by atoms with Crippen molar-refractivity contribution in [1.82, 2.24) is 10.2 Å². The van der Waals surface area contributed by atoms with Crippen LogP contribution in [0.25, 0.3) is 0 Å². The Kier molecular flexibility index (Phi) is 9.11. The standard InChI is InChI=1S/C28H31ClN2O3/c1-4-30-28(33)26(17-22-8-6-5-7-9-22)31(18-23-10-12-24(29)13-11-23)27(32)19-34-25-15-20(2)14-21(3)16-25/h5-16,26H,4,17-19H2,1-3H3,(H,30,33)/t26-/m0/s1. The van der Waals surface area contributed by atoms with Gasteiger partial charge < -0.3 is 15.0 Å². The molecule has 0 saturated carbocycles. The van der Waals surface area contributed by atoms with Crippen LogP contribution in [-0.2, 0) is 22.6 Å². The summed E-state index contributed by atoms with van der Waals surface area (Å²) >= 11 is 6.05. The molecule has 34 heavy (non-hydrogen) atoms. The number of nitrogens with one attached hydrogen (secondary N) is 1. The molecule has 0 aliphatic rings. The number of aryl methyl sites for hydroxylation is 2. The maximum Gasteiger partial charge on any atom is 0.261 e. The molecule has 0 aromatic heterocycles. The molecule has 0 aliphatic carbocycles. The Morgan fingerprint density at radius 1 is 0.941 bits per heavy atom. The van der Waals surface area contributed by atoms with Crippen LogP contribution in [0, 0.1) is 13.8 Å². The quantitative estimate of drug-likeness (QED) is 0.440. The molecule has 0 fully saturated rings. The number of nitrogens with zero attached hydrogens (tertiary/aromatic N) is 1. The molecule has 0 unspecified atom stereocenters. The lowest BCUT2D eigenvalue weighted by atomic mass is 10.0. The first-order chi connectivity index (χ1) is 16.4. The van der Waals surface area contributed by atoms with Crippen molar-refractivity contribution in [2.45, 2.75) is 39.8 Å². The topological polar surface area (TPSA) is 58.6 Å². The molecule has 3 aromatic rings. The van der Waals surface area contributed by atoms with Gasteiger partial charge in [0.15, 0.2) is 6.61 Å². The van der Waals surface area contributed by atoms with Crippen LogP contribution in [0.15, 0.2) is 72.8 Å². The van der Waals surface area contributed by atoms with Crippen molar-refractivity contribution < 1.29 is 14.3 Å². The molecule has 1 atom stereocenters. The lowest BCUT2D eigenvalue weighted by Gasteiger charge is -2.31. The first-order valence-corrected chi connectivity index (χ1v) is 11.8. The number of likely N-dealkylation sites (N-methyl/N-ethyl adjacent to an activating group) is 1. The van der Waals surface area contributed by atoms with Crippen molar-refractivity contribution in [1.29, 1.82) is 0 Å². The molecule has 1 N–H and O–H groups in total. The molecule has 0 radical (unpaired) electrons. The molecule has 5 nitrogen and oxygen atoms in total. The number of hydrogen-bond acceptors (Lipinski definition) is 3. The highest BCUT2D eigenvalue weighted by molar-refractivity contribution is 6.30. The second-order valence-electron chi connectivity index (χ2n) is 8.36. The molecule has 0 heterocycles. The first kappa shape index (κ1) is 25.3. The van der Waals surface area contributed by atoms with Crippen molar-refractivity contribution in [3.8, 4) is 5.75 Å². The summed E-state index contributed by atoms with van der Waals surface area (Å²) in [5.74, 6) is 0.177. The third kappa shape index (κ3) is 7.35. The normalized spacial score (nSPS) is 11.5. The maximum absolute atomic E-state index is 13.5. The van der Waals surface area contributed by atoms with Gasteiger partial charge >= 0.3 is 0 Å². The minimum atomic E-state index is -0.687.